The molecular weight excluding hydrogens is 266 g/mol. The van der Waals surface area contributed by atoms with Crippen molar-refractivity contribution >= 4 is 0 Å². The van der Waals surface area contributed by atoms with Gasteiger partial charge >= 0.3 is 0 Å². The molecule has 112 valence electrons. The molecule has 2 heterocycles. The molecule has 2 N–H and O–H groups in total. The maximum absolute atomic E-state index is 6.32. The Labute approximate surface area is 124 Å². The van der Waals surface area contributed by atoms with Gasteiger partial charge in [0, 0.05) is 42.9 Å². The van der Waals surface area contributed by atoms with Gasteiger partial charge in [0.25, 0.3) is 0 Å². The lowest BCUT2D eigenvalue weighted by molar-refractivity contribution is 0.160. The molecule has 0 bridgehead atoms. The van der Waals surface area contributed by atoms with Crippen molar-refractivity contribution in [2.45, 2.75) is 31.9 Å². The van der Waals surface area contributed by atoms with E-state index in [0.29, 0.717) is 0 Å². The number of nitrogens with zero attached hydrogens (tertiary/aromatic N) is 2. The fourth-order valence-electron chi connectivity index (χ4n) is 2.90. The number of fused-ring (bicyclic) bond motifs is 1. The van der Waals surface area contributed by atoms with E-state index in [1.807, 2.05) is 36.1 Å². The third-order valence-electron chi connectivity index (χ3n) is 3.98. The monoisotopic (exact) mass is 287 g/mol. The molecule has 0 fully saturated rings. The number of aromatic nitrogens is 2. The average Bonchev–Trinajstić information content (AvgIpc) is 2.87. The Morgan fingerprint density at radius 3 is 2.95 bits per heavy atom. The Kier molecular flexibility index (Phi) is 3.59. The first-order chi connectivity index (χ1) is 10.1. The van der Waals surface area contributed by atoms with Crippen molar-refractivity contribution in [1.29, 1.82) is 0 Å². The molecule has 0 spiro atoms. The van der Waals surface area contributed by atoms with Crippen LogP contribution in [0.25, 0.3) is 0 Å². The van der Waals surface area contributed by atoms with Crippen molar-refractivity contribution in [3.8, 4) is 11.5 Å². The molecule has 1 aliphatic rings. The van der Waals surface area contributed by atoms with E-state index in [1.165, 1.54) is 0 Å². The van der Waals surface area contributed by atoms with Crippen molar-refractivity contribution in [1.82, 2.24) is 9.78 Å². The molecule has 0 radical (unpaired) electrons. The van der Waals surface area contributed by atoms with E-state index in [1.54, 1.807) is 7.11 Å². The average molecular weight is 287 g/mol. The Bertz CT molecular complexity index is 651. The molecule has 2 aromatic rings. The number of aryl methyl sites for hydroxylation is 2. The molecule has 1 aromatic carbocycles. The number of rotatable bonds is 3. The minimum atomic E-state index is -0.0525. The second-order valence-electron chi connectivity index (χ2n) is 5.41. The summed E-state index contributed by atoms with van der Waals surface area (Å²) in [7, 11) is 3.58. The van der Waals surface area contributed by atoms with Gasteiger partial charge in [0.1, 0.15) is 17.6 Å². The minimum absolute atomic E-state index is 0.0328. The third kappa shape index (κ3) is 2.49. The van der Waals surface area contributed by atoms with Crippen LogP contribution < -0.4 is 15.2 Å². The molecule has 5 heteroatoms. The van der Waals surface area contributed by atoms with Gasteiger partial charge in [-0.25, -0.2) is 0 Å². The van der Waals surface area contributed by atoms with E-state index < -0.39 is 0 Å². The van der Waals surface area contributed by atoms with Gasteiger partial charge in [0.05, 0.1) is 12.8 Å². The molecule has 0 saturated carbocycles. The highest BCUT2D eigenvalue weighted by molar-refractivity contribution is 5.44. The summed E-state index contributed by atoms with van der Waals surface area (Å²) in [6, 6.07) is 5.78. The minimum Gasteiger partial charge on any atom is -0.497 e. The normalized spacial score (nSPS) is 20.8. The zero-order valence-corrected chi connectivity index (χ0v) is 12.7. The summed E-state index contributed by atoms with van der Waals surface area (Å²) in [5.41, 5.74) is 9.55. The lowest BCUT2D eigenvalue weighted by Crippen LogP contribution is -2.24. The number of nitrogens with two attached hydrogens (primary N) is 1. The predicted octanol–water partition coefficient (Wildman–Crippen LogP) is 2.51. The number of benzene rings is 1. The van der Waals surface area contributed by atoms with E-state index in [-0.39, 0.29) is 12.1 Å². The Morgan fingerprint density at radius 1 is 1.43 bits per heavy atom. The van der Waals surface area contributed by atoms with Gasteiger partial charge in [0.15, 0.2) is 0 Å². The van der Waals surface area contributed by atoms with Gasteiger partial charge in [-0.2, -0.15) is 5.10 Å². The summed E-state index contributed by atoms with van der Waals surface area (Å²) in [6.45, 7) is 2.10. The number of methoxy groups -OCH3 is 1. The van der Waals surface area contributed by atoms with E-state index in [0.717, 1.165) is 41.2 Å². The van der Waals surface area contributed by atoms with E-state index in [4.69, 9.17) is 15.2 Å². The molecule has 21 heavy (non-hydrogen) atoms. The first kappa shape index (κ1) is 13.9. The van der Waals surface area contributed by atoms with Crippen LogP contribution in [0.15, 0.2) is 24.4 Å². The fraction of sp³-hybridized carbons (Fsp3) is 0.438. The van der Waals surface area contributed by atoms with Gasteiger partial charge in [-0.05, 0) is 12.5 Å². The molecule has 1 aromatic heterocycles. The van der Waals surface area contributed by atoms with Crippen molar-refractivity contribution < 1.29 is 9.47 Å². The largest absolute Gasteiger partial charge is 0.497 e. The quantitative estimate of drug-likeness (QED) is 0.942. The molecule has 1 aliphatic heterocycles. The number of hydrogen-bond acceptors (Lipinski definition) is 4. The van der Waals surface area contributed by atoms with Crippen molar-refractivity contribution in [3.05, 3.63) is 41.2 Å². The predicted molar refractivity (Wildman–Crippen MR) is 80.5 cm³/mol. The topological polar surface area (TPSA) is 62.3 Å². The molecule has 1 unspecified atom stereocenters. The van der Waals surface area contributed by atoms with Crippen LogP contribution in [0, 0.1) is 0 Å². The standard InChI is InChI=1S/C16H21N3O2/c1-4-14-12(9-19(2)18-14)16-8-13(17)11-6-5-10(20-3)7-15(11)21-16/h5-7,9,13,16H,4,8,17H2,1-3H3/t13-,16?/m1/s1. The van der Waals surface area contributed by atoms with E-state index >= 15 is 0 Å². The first-order valence-corrected chi connectivity index (χ1v) is 7.25. The molecular formula is C16H21N3O2. The van der Waals surface area contributed by atoms with Crippen LogP contribution in [0.5, 0.6) is 11.5 Å². The molecule has 0 amide bonds. The van der Waals surface area contributed by atoms with Crippen LogP contribution >= 0.6 is 0 Å². The van der Waals surface area contributed by atoms with Crippen LogP contribution in [-0.2, 0) is 13.5 Å². The number of ether oxygens (including phenoxy) is 2. The van der Waals surface area contributed by atoms with Gasteiger partial charge < -0.3 is 15.2 Å². The Hall–Kier alpha value is -2.01. The Balaban J connectivity index is 1.96. The summed E-state index contributed by atoms with van der Waals surface area (Å²) in [4.78, 5) is 0. The van der Waals surface area contributed by atoms with Gasteiger partial charge in [-0.3, -0.25) is 4.68 Å². The lowest BCUT2D eigenvalue weighted by Gasteiger charge is -2.30. The zero-order chi connectivity index (χ0) is 15.0. The maximum atomic E-state index is 6.32. The highest BCUT2D eigenvalue weighted by Crippen LogP contribution is 2.41. The molecule has 5 nitrogen and oxygen atoms in total. The summed E-state index contributed by atoms with van der Waals surface area (Å²) >= 11 is 0. The molecule has 0 aliphatic carbocycles. The van der Waals surface area contributed by atoms with Crippen molar-refractivity contribution in [3.63, 3.8) is 0 Å². The summed E-state index contributed by atoms with van der Waals surface area (Å²) in [5, 5.41) is 4.49. The zero-order valence-electron chi connectivity index (χ0n) is 12.7. The smallest absolute Gasteiger partial charge is 0.129 e. The van der Waals surface area contributed by atoms with Crippen LogP contribution in [0.4, 0.5) is 0 Å². The fourth-order valence-corrected chi connectivity index (χ4v) is 2.90. The summed E-state index contributed by atoms with van der Waals surface area (Å²) in [5.74, 6) is 1.59. The lowest BCUT2D eigenvalue weighted by atomic mass is 9.93. The summed E-state index contributed by atoms with van der Waals surface area (Å²) in [6.07, 6.45) is 3.62. The SMILES string of the molecule is CCc1nn(C)cc1C1C[C@@H](N)c2ccc(OC)cc2O1. The van der Waals surface area contributed by atoms with Crippen LogP contribution in [0.3, 0.4) is 0 Å². The summed E-state index contributed by atoms with van der Waals surface area (Å²) < 4.78 is 13.3. The maximum Gasteiger partial charge on any atom is 0.129 e. The second kappa shape index (κ2) is 5.41. The highest BCUT2D eigenvalue weighted by Gasteiger charge is 2.29. The van der Waals surface area contributed by atoms with Gasteiger partial charge in [-0.1, -0.05) is 13.0 Å². The van der Waals surface area contributed by atoms with Crippen LogP contribution in [0.2, 0.25) is 0 Å². The third-order valence-corrected chi connectivity index (χ3v) is 3.98. The van der Waals surface area contributed by atoms with Gasteiger partial charge in [0.2, 0.25) is 0 Å². The molecule has 0 saturated heterocycles. The number of hydrogen-bond donors (Lipinski definition) is 1. The first-order valence-electron chi connectivity index (χ1n) is 7.25. The molecule has 3 rings (SSSR count). The van der Waals surface area contributed by atoms with Gasteiger partial charge in [-0.15, -0.1) is 0 Å². The Morgan fingerprint density at radius 2 is 2.24 bits per heavy atom. The van der Waals surface area contributed by atoms with Crippen LogP contribution in [-0.4, -0.2) is 16.9 Å². The molecule has 2 atom stereocenters. The van der Waals surface area contributed by atoms with Crippen molar-refractivity contribution in [2.24, 2.45) is 12.8 Å². The van der Waals surface area contributed by atoms with E-state index in [9.17, 15) is 0 Å². The highest BCUT2D eigenvalue weighted by atomic mass is 16.5. The second-order valence-corrected chi connectivity index (χ2v) is 5.41. The van der Waals surface area contributed by atoms with E-state index in [2.05, 4.69) is 12.0 Å². The van der Waals surface area contributed by atoms with Crippen molar-refractivity contribution in [2.75, 3.05) is 7.11 Å². The van der Waals surface area contributed by atoms with Crippen LogP contribution in [0.1, 0.15) is 42.3 Å².